The molecule has 2 fully saturated rings. The average molecular weight is 224 g/mol. The zero-order chi connectivity index (χ0) is 11.4. The molecule has 2 atom stereocenters. The SMILES string of the molecule is CCC1(CNCC2CC(C)CCN2)CCC1. The summed E-state index contributed by atoms with van der Waals surface area (Å²) >= 11 is 0. The minimum atomic E-state index is 0.667. The second-order valence-electron chi connectivity index (χ2n) is 6.12. The van der Waals surface area contributed by atoms with Gasteiger partial charge in [-0.25, -0.2) is 0 Å². The lowest BCUT2D eigenvalue weighted by atomic mass is 9.67. The molecule has 1 aliphatic heterocycles. The molecule has 2 unspecified atom stereocenters. The average Bonchev–Trinajstić information content (AvgIpc) is 2.22. The van der Waals surface area contributed by atoms with Crippen LogP contribution in [0.2, 0.25) is 0 Å². The Morgan fingerprint density at radius 2 is 2.19 bits per heavy atom. The maximum Gasteiger partial charge on any atom is 0.0195 e. The topological polar surface area (TPSA) is 24.1 Å². The molecular weight excluding hydrogens is 196 g/mol. The zero-order valence-corrected chi connectivity index (χ0v) is 11.0. The zero-order valence-electron chi connectivity index (χ0n) is 11.0. The first-order valence-electron chi connectivity index (χ1n) is 7.18. The lowest BCUT2D eigenvalue weighted by Gasteiger charge is -2.42. The van der Waals surface area contributed by atoms with Crippen LogP contribution in [0.3, 0.4) is 0 Å². The van der Waals surface area contributed by atoms with Gasteiger partial charge < -0.3 is 10.6 Å². The standard InChI is InChI=1S/C14H28N2/c1-3-14(6-4-7-14)11-15-10-13-9-12(2)5-8-16-13/h12-13,15-16H,3-11H2,1-2H3. The van der Waals surface area contributed by atoms with Crippen LogP contribution < -0.4 is 10.6 Å². The highest BCUT2D eigenvalue weighted by molar-refractivity contribution is 4.89. The van der Waals surface area contributed by atoms with E-state index >= 15 is 0 Å². The molecule has 0 amide bonds. The Hall–Kier alpha value is -0.0800. The normalized spacial score (nSPS) is 33.4. The van der Waals surface area contributed by atoms with E-state index in [2.05, 4.69) is 24.5 Å². The van der Waals surface area contributed by atoms with E-state index in [9.17, 15) is 0 Å². The summed E-state index contributed by atoms with van der Waals surface area (Å²) in [4.78, 5) is 0. The number of nitrogens with one attached hydrogen (secondary N) is 2. The highest BCUT2D eigenvalue weighted by Crippen LogP contribution is 2.42. The van der Waals surface area contributed by atoms with Gasteiger partial charge in [-0.2, -0.15) is 0 Å². The molecule has 1 saturated heterocycles. The van der Waals surface area contributed by atoms with Crippen LogP contribution in [-0.4, -0.2) is 25.7 Å². The van der Waals surface area contributed by atoms with Gasteiger partial charge in [0.25, 0.3) is 0 Å². The van der Waals surface area contributed by atoms with Crippen LogP contribution in [0.1, 0.15) is 52.4 Å². The molecule has 0 bridgehead atoms. The molecule has 0 spiro atoms. The molecule has 0 radical (unpaired) electrons. The first-order chi connectivity index (χ1) is 7.74. The first-order valence-corrected chi connectivity index (χ1v) is 7.18. The molecule has 2 heteroatoms. The molecule has 2 aliphatic rings. The molecule has 94 valence electrons. The quantitative estimate of drug-likeness (QED) is 0.750. The summed E-state index contributed by atoms with van der Waals surface area (Å²) in [6.45, 7) is 8.36. The predicted octanol–water partition coefficient (Wildman–Crippen LogP) is 2.54. The lowest BCUT2D eigenvalue weighted by Crippen LogP contribution is -2.47. The molecular formula is C14H28N2. The molecule has 1 heterocycles. The molecule has 2 N–H and O–H groups in total. The highest BCUT2D eigenvalue weighted by atomic mass is 15.0. The van der Waals surface area contributed by atoms with Crippen LogP contribution in [0.15, 0.2) is 0 Å². The van der Waals surface area contributed by atoms with Crippen molar-refractivity contribution in [1.82, 2.24) is 10.6 Å². The monoisotopic (exact) mass is 224 g/mol. The van der Waals surface area contributed by atoms with Gasteiger partial charge in [0, 0.05) is 19.1 Å². The van der Waals surface area contributed by atoms with E-state index in [1.165, 1.54) is 58.2 Å². The minimum absolute atomic E-state index is 0.667. The van der Waals surface area contributed by atoms with Gasteiger partial charge in [0.05, 0.1) is 0 Å². The molecule has 0 aromatic carbocycles. The third kappa shape index (κ3) is 2.98. The largest absolute Gasteiger partial charge is 0.315 e. The van der Waals surface area contributed by atoms with Crippen molar-refractivity contribution in [3.05, 3.63) is 0 Å². The number of rotatable bonds is 5. The molecule has 0 aromatic rings. The van der Waals surface area contributed by atoms with E-state index in [-0.39, 0.29) is 0 Å². The van der Waals surface area contributed by atoms with Crippen LogP contribution in [0.25, 0.3) is 0 Å². The fourth-order valence-electron chi connectivity index (χ4n) is 3.22. The van der Waals surface area contributed by atoms with Crippen LogP contribution >= 0.6 is 0 Å². The van der Waals surface area contributed by atoms with E-state index in [1.54, 1.807) is 0 Å². The molecule has 1 saturated carbocycles. The van der Waals surface area contributed by atoms with Crippen molar-refractivity contribution in [3.8, 4) is 0 Å². The van der Waals surface area contributed by atoms with Crippen molar-refractivity contribution < 1.29 is 0 Å². The molecule has 16 heavy (non-hydrogen) atoms. The summed E-state index contributed by atoms with van der Waals surface area (Å²) in [6.07, 6.45) is 8.42. The number of hydrogen-bond donors (Lipinski definition) is 2. The molecule has 2 rings (SSSR count). The van der Waals surface area contributed by atoms with Crippen molar-refractivity contribution in [2.24, 2.45) is 11.3 Å². The smallest absolute Gasteiger partial charge is 0.0195 e. The van der Waals surface area contributed by atoms with Crippen molar-refractivity contribution in [2.45, 2.75) is 58.4 Å². The van der Waals surface area contributed by atoms with Crippen LogP contribution in [0.5, 0.6) is 0 Å². The molecule has 0 aromatic heterocycles. The van der Waals surface area contributed by atoms with Gasteiger partial charge in [-0.05, 0) is 50.0 Å². The van der Waals surface area contributed by atoms with Gasteiger partial charge in [-0.1, -0.05) is 20.3 Å². The van der Waals surface area contributed by atoms with Crippen molar-refractivity contribution in [3.63, 3.8) is 0 Å². The Morgan fingerprint density at radius 3 is 2.75 bits per heavy atom. The van der Waals surface area contributed by atoms with Gasteiger partial charge in [-0.3, -0.25) is 0 Å². The Labute approximate surface area is 101 Å². The fraction of sp³-hybridized carbons (Fsp3) is 1.00. The molecule has 1 aliphatic carbocycles. The summed E-state index contributed by atoms with van der Waals surface area (Å²) in [6, 6.07) is 0.720. The minimum Gasteiger partial charge on any atom is -0.315 e. The third-order valence-corrected chi connectivity index (χ3v) is 4.81. The summed E-state index contributed by atoms with van der Waals surface area (Å²) in [7, 11) is 0. The van der Waals surface area contributed by atoms with Crippen LogP contribution in [0, 0.1) is 11.3 Å². The summed E-state index contributed by atoms with van der Waals surface area (Å²) in [5, 5.41) is 7.33. The van der Waals surface area contributed by atoms with E-state index in [4.69, 9.17) is 0 Å². The van der Waals surface area contributed by atoms with Crippen molar-refractivity contribution in [2.75, 3.05) is 19.6 Å². The first kappa shape index (κ1) is 12.4. The second kappa shape index (κ2) is 5.50. The number of piperidine rings is 1. The van der Waals surface area contributed by atoms with Gasteiger partial charge in [-0.15, -0.1) is 0 Å². The van der Waals surface area contributed by atoms with Crippen LogP contribution in [0.4, 0.5) is 0 Å². The highest BCUT2D eigenvalue weighted by Gasteiger charge is 2.34. The predicted molar refractivity (Wildman–Crippen MR) is 69.6 cm³/mol. The van der Waals surface area contributed by atoms with Crippen LogP contribution in [-0.2, 0) is 0 Å². The second-order valence-corrected chi connectivity index (χ2v) is 6.12. The van der Waals surface area contributed by atoms with Gasteiger partial charge in [0.2, 0.25) is 0 Å². The Balaban J connectivity index is 1.63. The van der Waals surface area contributed by atoms with Gasteiger partial charge in [0.15, 0.2) is 0 Å². The third-order valence-electron chi connectivity index (χ3n) is 4.81. The maximum atomic E-state index is 3.71. The Bertz CT molecular complexity index is 205. The maximum absolute atomic E-state index is 3.71. The lowest BCUT2D eigenvalue weighted by molar-refractivity contribution is 0.122. The Kier molecular flexibility index (Phi) is 4.26. The van der Waals surface area contributed by atoms with Crippen molar-refractivity contribution >= 4 is 0 Å². The van der Waals surface area contributed by atoms with E-state index in [1.807, 2.05) is 0 Å². The Morgan fingerprint density at radius 1 is 1.38 bits per heavy atom. The number of hydrogen-bond acceptors (Lipinski definition) is 2. The fourth-order valence-corrected chi connectivity index (χ4v) is 3.22. The van der Waals surface area contributed by atoms with Crippen molar-refractivity contribution in [1.29, 1.82) is 0 Å². The van der Waals surface area contributed by atoms with Gasteiger partial charge in [0.1, 0.15) is 0 Å². The van der Waals surface area contributed by atoms with E-state index in [0.29, 0.717) is 5.41 Å². The summed E-state index contributed by atoms with van der Waals surface area (Å²) in [5.41, 5.74) is 0.667. The van der Waals surface area contributed by atoms with E-state index < -0.39 is 0 Å². The summed E-state index contributed by atoms with van der Waals surface area (Å²) < 4.78 is 0. The molecule has 2 nitrogen and oxygen atoms in total. The van der Waals surface area contributed by atoms with E-state index in [0.717, 1.165) is 12.0 Å². The summed E-state index contributed by atoms with van der Waals surface area (Å²) in [5.74, 6) is 0.914. The van der Waals surface area contributed by atoms with Gasteiger partial charge >= 0.3 is 0 Å².